The first-order chi connectivity index (χ1) is 9.29. The lowest BCUT2D eigenvalue weighted by atomic mass is 10.1. The third kappa shape index (κ3) is 3.01. The van der Waals surface area contributed by atoms with Gasteiger partial charge in [-0.15, -0.1) is 0 Å². The molecule has 1 aliphatic heterocycles. The fourth-order valence-corrected chi connectivity index (χ4v) is 2.19. The van der Waals surface area contributed by atoms with Crippen LogP contribution in [0.15, 0.2) is 18.2 Å². The number of amides is 1. The molecule has 108 valence electrons. The molecule has 20 heavy (non-hydrogen) atoms. The van der Waals surface area contributed by atoms with Crippen LogP contribution < -0.4 is 16.0 Å². The molecule has 1 heterocycles. The normalized spacial score (nSPS) is 15.9. The fraction of sp³-hybridized carbons (Fsp3) is 0.333. The van der Waals surface area contributed by atoms with Crippen LogP contribution >= 0.6 is 12.2 Å². The zero-order valence-corrected chi connectivity index (χ0v) is 11.1. The number of nitrogens with one attached hydrogen (secondary N) is 1. The number of hydrogen-bond donors (Lipinski definition) is 2. The highest BCUT2D eigenvalue weighted by atomic mass is 32.1. The van der Waals surface area contributed by atoms with Crippen molar-refractivity contribution in [1.29, 1.82) is 0 Å². The van der Waals surface area contributed by atoms with Crippen LogP contribution in [0.3, 0.4) is 0 Å². The molecule has 0 bridgehead atoms. The Hall–Kier alpha value is -1.83. The highest BCUT2D eigenvalue weighted by Crippen LogP contribution is 2.33. The van der Waals surface area contributed by atoms with Gasteiger partial charge in [-0.05, 0) is 18.2 Å². The van der Waals surface area contributed by atoms with Crippen LogP contribution in [0.4, 0.5) is 18.9 Å². The Bertz CT molecular complexity index is 559. The van der Waals surface area contributed by atoms with Gasteiger partial charge in [0.05, 0.1) is 12.1 Å². The van der Waals surface area contributed by atoms with Crippen LogP contribution in [-0.2, 0) is 11.0 Å². The maximum absolute atomic E-state index is 12.7. The Morgan fingerprint density at radius 2 is 2.10 bits per heavy atom. The van der Waals surface area contributed by atoms with Gasteiger partial charge < -0.3 is 16.0 Å². The maximum atomic E-state index is 12.7. The highest BCUT2D eigenvalue weighted by molar-refractivity contribution is 7.80. The molecule has 2 rings (SSSR count). The molecular formula is C12H12F3N3OS. The second-order valence-electron chi connectivity index (χ2n) is 4.37. The van der Waals surface area contributed by atoms with Crippen molar-refractivity contribution in [3.8, 4) is 0 Å². The number of piperazine rings is 1. The second kappa shape index (κ2) is 5.28. The van der Waals surface area contributed by atoms with E-state index in [2.05, 4.69) is 5.32 Å². The van der Waals surface area contributed by atoms with Gasteiger partial charge in [0.2, 0.25) is 5.91 Å². The summed E-state index contributed by atoms with van der Waals surface area (Å²) in [6, 6.07) is 3.18. The van der Waals surface area contributed by atoms with Gasteiger partial charge in [-0.3, -0.25) is 4.79 Å². The van der Waals surface area contributed by atoms with Crippen LogP contribution in [0.5, 0.6) is 0 Å². The minimum absolute atomic E-state index is 0.0704. The molecule has 0 saturated carbocycles. The molecule has 1 amide bonds. The standard InChI is InChI=1S/C12H12F3N3OS/c13-12(14,15)7-1-2-9(8(5-7)11(16)20)18-4-3-17-10(19)6-18/h1-2,5H,3-4,6H2,(H2,16,20)(H,17,19). The lowest BCUT2D eigenvalue weighted by Gasteiger charge is -2.30. The Morgan fingerprint density at radius 3 is 2.65 bits per heavy atom. The van der Waals surface area contributed by atoms with Crippen molar-refractivity contribution in [2.75, 3.05) is 24.5 Å². The topological polar surface area (TPSA) is 58.4 Å². The molecule has 1 aromatic carbocycles. The van der Waals surface area contributed by atoms with E-state index in [1.165, 1.54) is 6.07 Å². The van der Waals surface area contributed by atoms with E-state index in [0.717, 1.165) is 12.1 Å². The summed E-state index contributed by atoms with van der Waals surface area (Å²) in [4.78, 5) is 12.9. The number of carbonyl (C=O) groups excluding carboxylic acids is 1. The zero-order valence-electron chi connectivity index (χ0n) is 10.3. The molecular weight excluding hydrogens is 291 g/mol. The number of benzene rings is 1. The Balaban J connectivity index is 2.42. The molecule has 3 N–H and O–H groups in total. The first kappa shape index (κ1) is 14.6. The second-order valence-corrected chi connectivity index (χ2v) is 4.81. The van der Waals surface area contributed by atoms with Gasteiger partial charge in [-0.25, -0.2) is 0 Å². The summed E-state index contributed by atoms with van der Waals surface area (Å²) < 4.78 is 38.1. The van der Waals surface area contributed by atoms with Crippen molar-refractivity contribution in [2.45, 2.75) is 6.18 Å². The van der Waals surface area contributed by atoms with Gasteiger partial charge in [0.25, 0.3) is 0 Å². The van der Waals surface area contributed by atoms with E-state index in [-0.39, 0.29) is 23.0 Å². The molecule has 8 heteroatoms. The van der Waals surface area contributed by atoms with E-state index in [1.807, 2.05) is 0 Å². The third-order valence-corrected chi connectivity index (χ3v) is 3.19. The van der Waals surface area contributed by atoms with Gasteiger partial charge in [-0.1, -0.05) is 12.2 Å². The summed E-state index contributed by atoms with van der Waals surface area (Å²) >= 11 is 4.81. The van der Waals surface area contributed by atoms with Gasteiger partial charge in [-0.2, -0.15) is 13.2 Å². The number of hydrogen-bond acceptors (Lipinski definition) is 3. The number of carbonyl (C=O) groups is 1. The number of rotatable bonds is 2. The van der Waals surface area contributed by atoms with Crippen LogP contribution in [0.1, 0.15) is 11.1 Å². The van der Waals surface area contributed by atoms with Gasteiger partial charge in [0.15, 0.2) is 0 Å². The summed E-state index contributed by atoms with van der Waals surface area (Å²) in [6.45, 7) is 0.990. The first-order valence-corrected chi connectivity index (χ1v) is 6.22. The zero-order chi connectivity index (χ0) is 14.9. The van der Waals surface area contributed by atoms with Crippen LogP contribution in [0.2, 0.25) is 0 Å². The van der Waals surface area contributed by atoms with Gasteiger partial charge in [0, 0.05) is 24.3 Å². The summed E-state index contributed by atoms with van der Waals surface area (Å²) in [6.07, 6.45) is -4.46. The average Bonchev–Trinajstić information content (AvgIpc) is 2.37. The quantitative estimate of drug-likeness (QED) is 0.808. The van der Waals surface area contributed by atoms with E-state index < -0.39 is 11.7 Å². The Labute approximate surface area is 118 Å². The molecule has 0 radical (unpaired) electrons. The van der Waals surface area contributed by atoms with Gasteiger partial charge in [0.1, 0.15) is 4.99 Å². The van der Waals surface area contributed by atoms with Crippen LogP contribution in [0, 0.1) is 0 Å². The molecule has 0 aromatic heterocycles. The number of thiocarbonyl (C=S) groups is 1. The van der Waals surface area contributed by atoms with Crippen molar-refractivity contribution in [2.24, 2.45) is 5.73 Å². The number of nitrogens with two attached hydrogens (primary N) is 1. The average molecular weight is 303 g/mol. The number of anilines is 1. The van der Waals surface area contributed by atoms with Crippen LogP contribution in [0.25, 0.3) is 0 Å². The lowest BCUT2D eigenvalue weighted by molar-refractivity contribution is -0.137. The van der Waals surface area contributed by atoms with Crippen molar-refractivity contribution in [3.63, 3.8) is 0 Å². The summed E-state index contributed by atoms with van der Waals surface area (Å²) in [5.41, 5.74) is 5.26. The van der Waals surface area contributed by atoms with E-state index >= 15 is 0 Å². The molecule has 0 unspecified atom stereocenters. The largest absolute Gasteiger partial charge is 0.416 e. The van der Waals surface area contributed by atoms with Crippen molar-refractivity contribution in [3.05, 3.63) is 29.3 Å². The molecule has 0 aliphatic carbocycles. The molecule has 4 nitrogen and oxygen atoms in total. The molecule has 1 fully saturated rings. The maximum Gasteiger partial charge on any atom is 0.416 e. The monoisotopic (exact) mass is 303 g/mol. The molecule has 1 aromatic rings. The number of alkyl halides is 3. The Morgan fingerprint density at radius 1 is 1.40 bits per heavy atom. The van der Waals surface area contributed by atoms with Crippen molar-refractivity contribution < 1.29 is 18.0 Å². The molecule has 0 spiro atoms. The fourth-order valence-electron chi connectivity index (χ4n) is 2.03. The smallest absolute Gasteiger partial charge is 0.389 e. The van der Waals surface area contributed by atoms with E-state index in [0.29, 0.717) is 18.8 Å². The summed E-state index contributed by atoms with van der Waals surface area (Å²) in [7, 11) is 0. The number of nitrogens with zero attached hydrogens (tertiary/aromatic N) is 1. The Kier molecular flexibility index (Phi) is 3.85. The van der Waals surface area contributed by atoms with E-state index in [4.69, 9.17) is 18.0 Å². The van der Waals surface area contributed by atoms with Gasteiger partial charge >= 0.3 is 6.18 Å². The van der Waals surface area contributed by atoms with Crippen molar-refractivity contribution in [1.82, 2.24) is 5.32 Å². The minimum atomic E-state index is -4.46. The summed E-state index contributed by atoms with van der Waals surface area (Å²) in [5.74, 6) is -0.190. The SMILES string of the molecule is NC(=S)c1cc(C(F)(F)F)ccc1N1CCNC(=O)C1. The van der Waals surface area contributed by atoms with Crippen molar-refractivity contribution >= 4 is 28.8 Å². The van der Waals surface area contributed by atoms with E-state index in [1.54, 1.807) is 4.90 Å². The molecule has 1 aliphatic rings. The third-order valence-electron chi connectivity index (χ3n) is 2.97. The highest BCUT2D eigenvalue weighted by Gasteiger charge is 2.32. The number of halogens is 3. The minimum Gasteiger partial charge on any atom is -0.389 e. The van der Waals surface area contributed by atoms with E-state index in [9.17, 15) is 18.0 Å². The predicted octanol–water partition coefficient (Wildman–Crippen LogP) is 1.28. The summed E-state index contributed by atoms with van der Waals surface area (Å²) in [5, 5.41) is 2.64. The first-order valence-electron chi connectivity index (χ1n) is 5.82. The molecule has 1 saturated heterocycles. The van der Waals surface area contributed by atoms with Crippen LogP contribution in [-0.4, -0.2) is 30.5 Å². The molecule has 0 atom stereocenters. The lowest BCUT2D eigenvalue weighted by Crippen LogP contribution is -2.48. The predicted molar refractivity (Wildman–Crippen MR) is 72.6 cm³/mol.